The van der Waals surface area contributed by atoms with Crippen LogP contribution in [0.15, 0.2) is 42.6 Å². The van der Waals surface area contributed by atoms with Gasteiger partial charge in [-0.05, 0) is 57.4 Å². The molecule has 2 amide bonds. The first-order chi connectivity index (χ1) is 12.8. The summed E-state index contributed by atoms with van der Waals surface area (Å²) >= 11 is 6.04. The predicted molar refractivity (Wildman–Crippen MR) is 107 cm³/mol. The highest BCUT2D eigenvalue weighted by Gasteiger charge is 2.17. The molecule has 3 aromatic rings. The summed E-state index contributed by atoms with van der Waals surface area (Å²) in [5.41, 5.74) is 2.97. The molecule has 0 saturated heterocycles. The Balaban J connectivity index is 1.74. The lowest BCUT2D eigenvalue weighted by molar-refractivity contribution is -0.116. The first kappa shape index (κ1) is 18.9. The van der Waals surface area contributed by atoms with Crippen LogP contribution in [0, 0.1) is 6.92 Å². The minimum atomic E-state index is -0.285. The third-order valence-electron chi connectivity index (χ3n) is 3.86. The van der Waals surface area contributed by atoms with Gasteiger partial charge in [0, 0.05) is 17.6 Å². The number of nitrogens with zero attached hydrogens (tertiary/aromatic N) is 3. The number of anilines is 2. The summed E-state index contributed by atoms with van der Waals surface area (Å²) in [5.74, 6) is -0.387. The van der Waals surface area contributed by atoms with Gasteiger partial charge in [0.15, 0.2) is 0 Å². The van der Waals surface area contributed by atoms with Gasteiger partial charge in [-0.3, -0.25) is 14.0 Å². The average Bonchev–Trinajstić information content (AvgIpc) is 2.91. The molecule has 140 valence electrons. The lowest BCUT2D eigenvalue weighted by Crippen LogP contribution is -2.27. The molecule has 0 aliphatic rings. The Hall–Kier alpha value is -2.90. The molecule has 0 unspecified atom stereocenters. The van der Waals surface area contributed by atoms with Crippen molar-refractivity contribution in [3.8, 4) is 0 Å². The highest BCUT2D eigenvalue weighted by molar-refractivity contribution is 6.30. The number of carbonyl (C=O) groups is 2. The van der Waals surface area contributed by atoms with Crippen LogP contribution in [0.5, 0.6) is 0 Å². The second-order valence-corrected chi connectivity index (χ2v) is 6.88. The van der Waals surface area contributed by atoms with Crippen LogP contribution >= 0.6 is 11.6 Å². The summed E-state index contributed by atoms with van der Waals surface area (Å²) in [6.07, 6.45) is 1.66. The first-order valence-electron chi connectivity index (χ1n) is 8.33. The van der Waals surface area contributed by atoms with Gasteiger partial charge in [0.1, 0.15) is 11.3 Å². The summed E-state index contributed by atoms with van der Waals surface area (Å²) in [6.45, 7) is 2.08. The van der Waals surface area contributed by atoms with Crippen LogP contribution in [0.4, 0.5) is 11.4 Å². The number of likely N-dealkylation sites (N-methyl/N-ethyl adjacent to an activating group) is 1. The van der Waals surface area contributed by atoms with Gasteiger partial charge in [-0.25, -0.2) is 4.98 Å². The Morgan fingerprint density at radius 2 is 1.70 bits per heavy atom. The van der Waals surface area contributed by atoms with Gasteiger partial charge in [0.25, 0.3) is 5.91 Å². The van der Waals surface area contributed by atoms with Crippen LogP contribution < -0.4 is 10.6 Å². The number of aryl methyl sites for hydroxylation is 1. The van der Waals surface area contributed by atoms with Gasteiger partial charge in [-0.1, -0.05) is 11.6 Å². The molecule has 27 heavy (non-hydrogen) atoms. The summed E-state index contributed by atoms with van der Waals surface area (Å²) < 4.78 is 1.67. The molecule has 0 atom stereocenters. The van der Waals surface area contributed by atoms with Crippen molar-refractivity contribution in [1.29, 1.82) is 0 Å². The maximum atomic E-state index is 12.7. The molecule has 0 fully saturated rings. The number of amides is 2. The maximum absolute atomic E-state index is 12.7. The number of hydrogen-bond acceptors (Lipinski definition) is 4. The number of aromatic nitrogens is 2. The lowest BCUT2D eigenvalue weighted by atomic mass is 10.2. The van der Waals surface area contributed by atoms with Crippen LogP contribution in [-0.2, 0) is 4.79 Å². The van der Waals surface area contributed by atoms with E-state index in [1.807, 2.05) is 14.1 Å². The van der Waals surface area contributed by atoms with Crippen molar-refractivity contribution < 1.29 is 9.59 Å². The fourth-order valence-corrected chi connectivity index (χ4v) is 2.89. The zero-order valence-electron chi connectivity index (χ0n) is 15.3. The van der Waals surface area contributed by atoms with E-state index >= 15 is 0 Å². The highest BCUT2D eigenvalue weighted by atomic mass is 35.5. The zero-order valence-corrected chi connectivity index (χ0v) is 16.0. The molecular formula is C19H20ClN5O2. The number of hydrogen-bond donors (Lipinski definition) is 2. The molecule has 0 saturated carbocycles. The monoisotopic (exact) mass is 385 g/mol. The Bertz CT molecular complexity index is 995. The van der Waals surface area contributed by atoms with E-state index in [0.29, 0.717) is 40.0 Å². The number of fused-ring (bicyclic) bond motifs is 1. The first-order valence-corrected chi connectivity index (χ1v) is 8.71. The van der Waals surface area contributed by atoms with Crippen molar-refractivity contribution in [2.24, 2.45) is 0 Å². The smallest absolute Gasteiger partial charge is 0.274 e. The normalized spacial score (nSPS) is 11.0. The van der Waals surface area contributed by atoms with Gasteiger partial charge < -0.3 is 15.5 Å². The molecule has 3 rings (SSSR count). The predicted octanol–water partition coefficient (Wildman–Crippen LogP) is 3.05. The molecule has 1 aromatic carbocycles. The minimum absolute atomic E-state index is 0.102. The number of halogens is 1. The van der Waals surface area contributed by atoms with Crippen LogP contribution in [0.3, 0.4) is 0 Å². The molecule has 0 aliphatic carbocycles. The highest BCUT2D eigenvalue weighted by Crippen LogP contribution is 2.19. The topological polar surface area (TPSA) is 78.7 Å². The maximum Gasteiger partial charge on any atom is 0.274 e. The number of carbonyl (C=O) groups excluding carboxylic acids is 2. The van der Waals surface area contributed by atoms with E-state index < -0.39 is 0 Å². The molecule has 0 radical (unpaired) electrons. The zero-order chi connectivity index (χ0) is 19.6. The van der Waals surface area contributed by atoms with E-state index in [-0.39, 0.29) is 11.8 Å². The molecule has 2 N–H and O–H groups in total. The molecule has 7 nitrogen and oxygen atoms in total. The number of imidazole rings is 1. The van der Waals surface area contributed by atoms with E-state index in [1.165, 1.54) is 0 Å². The Kier molecular flexibility index (Phi) is 5.43. The van der Waals surface area contributed by atoms with Crippen LogP contribution in [0.25, 0.3) is 5.65 Å². The van der Waals surface area contributed by atoms with Gasteiger partial charge in [-0.2, -0.15) is 0 Å². The summed E-state index contributed by atoms with van der Waals surface area (Å²) in [6, 6.07) is 10.4. The van der Waals surface area contributed by atoms with E-state index in [2.05, 4.69) is 15.6 Å². The summed E-state index contributed by atoms with van der Waals surface area (Å²) in [7, 11) is 3.65. The lowest BCUT2D eigenvalue weighted by Gasteiger charge is -2.11. The number of benzene rings is 1. The largest absolute Gasteiger partial charge is 0.325 e. The minimum Gasteiger partial charge on any atom is -0.325 e. The Labute approximate surface area is 162 Å². The second-order valence-electron chi connectivity index (χ2n) is 6.44. The SMILES string of the molecule is Cc1nc2ccc(Cl)cn2c1C(=O)Nc1ccc(NC(=O)CN(C)C)cc1. The quantitative estimate of drug-likeness (QED) is 0.707. The van der Waals surface area contributed by atoms with Crippen molar-refractivity contribution in [1.82, 2.24) is 14.3 Å². The Morgan fingerprint density at radius 1 is 1.07 bits per heavy atom. The van der Waals surface area contributed by atoms with E-state index in [1.54, 1.807) is 58.8 Å². The third-order valence-corrected chi connectivity index (χ3v) is 4.08. The van der Waals surface area contributed by atoms with E-state index in [4.69, 9.17) is 11.6 Å². The van der Waals surface area contributed by atoms with Gasteiger partial charge in [0.2, 0.25) is 5.91 Å². The molecular weight excluding hydrogens is 366 g/mol. The van der Waals surface area contributed by atoms with Crippen molar-refractivity contribution >= 4 is 40.4 Å². The molecule has 8 heteroatoms. The van der Waals surface area contributed by atoms with Crippen LogP contribution in [0.2, 0.25) is 5.02 Å². The van der Waals surface area contributed by atoms with Crippen LogP contribution in [0.1, 0.15) is 16.2 Å². The average molecular weight is 386 g/mol. The van der Waals surface area contributed by atoms with Gasteiger partial charge >= 0.3 is 0 Å². The second kappa shape index (κ2) is 7.77. The molecule has 0 spiro atoms. The van der Waals surface area contributed by atoms with Crippen molar-refractivity contribution in [3.63, 3.8) is 0 Å². The summed E-state index contributed by atoms with van der Waals surface area (Å²) in [5, 5.41) is 6.16. The third kappa shape index (κ3) is 4.45. The molecule has 2 heterocycles. The fourth-order valence-electron chi connectivity index (χ4n) is 2.72. The fraction of sp³-hybridized carbons (Fsp3) is 0.211. The number of rotatable bonds is 5. The molecule has 2 aromatic heterocycles. The van der Waals surface area contributed by atoms with Crippen molar-refractivity contribution in [3.05, 3.63) is 59.0 Å². The molecule has 0 aliphatic heterocycles. The Morgan fingerprint density at radius 3 is 2.33 bits per heavy atom. The van der Waals surface area contributed by atoms with E-state index in [0.717, 1.165) is 0 Å². The molecule has 0 bridgehead atoms. The van der Waals surface area contributed by atoms with Crippen LogP contribution in [-0.4, -0.2) is 46.7 Å². The number of nitrogens with one attached hydrogen (secondary N) is 2. The van der Waals surface area contributed by atoms with Crippen molar-refractivity contribution in [2.45, 2.75) is 6.92 Å². The van der Waals surface area contributed by atoms with E-state index in [9.17, 15) is 9.59 Å². The number of pyridine rings is 1. The van der Waals surface area contributed by atoms with Gasteiger partial charge in [0.05, 0.1) is 17.3 Å². The standard InChI is InChI=1S/C19H20ClN5O2/c1-12-18(25-10-13(20)4-9-16(25)21-12)19(27)23-15-7-5-14(6-8-15)22-17(26)11-24(2)3/h4-10H,11H2,1-3H3,(H,22,26)(H,23,27). The summed E-state index contributed by atoms with van der Waals surface area (Å²) in [4.78, 5) is 30.7. The van der Waals surface area contributed by atoms with Gasteiger partial charge in [-0.15, -0.1) is 0 Å². The van der Waals surface area contributed by atoms with Crippen molar-refractivity contribution in [2.75, 3.05) is 31.3 Å².